The van der Waals surface area contributed by atoms with Crippen LogP contribution in [-0.4, -0.2) is 54.7 Å². The Bertz CT molecular complexity index is 485. The number of hydrogen-bond donors (Lipinski definition) is 1. The topological polar surface area (TPSA) is 56.7 Å². The molecular formula is C14H20ClN3O2. The molecule has 2 rings (SSSR count). The van der Waals surface area contributed by atoms with Crippen molar-refractivity contribution in [1.82, 2.24) is 9.88 Å². The van der Waals surface area contributed by atoms with Crippen molar-refractivity contribution >= 4 is 23.4 Å². The van der Waals surface area contributed by atoms with Crippen LogP contribution in [0.3, 0.4) is 0 Å². The summed E-state index contributed by atoms with van der Waals surface area (Å²) in [4.78, 5) is 19.4. The number of rotatable bonds is 4. The standard InChI is InChI=1S/C14H20ClN3O2/c1-17(2)9-10-3-5-18(6-4-10)13-12(15)7-11(8-16-13)14(19)20/h7-8,10H,3-6,9H2,1-2H3,(H,19,20). The maximum atomic E-state index is 10.9. The van der Waals surface area contributed by atoms with Crippen molar-refractivity contribution in [1.29, 1.82) is 0 Å². The lowest BCUT2D eigenvalue weighted by molar-refractivity contribution is 0.0696. The van der Waals surface area contributed by atoms with Crippen LogP contribution in [0.4, 0.5) is 5.82 Å². The maximum Gasteiger partial charge on any atom is 0.337 e. The van der Waals surface area contributed by atoms with Crippen LogP contribution < -0.4 is 4.90 Å². The summed E-state index contributed by atoms with van der Waals surface area (Å²) in [6.45, 7) is 2.93. The van der Waals surface area contributed by atoms with Gasteiger partial charge in [0.2, 0.25) is 0 Å². The molecule has 1 saturated heterocycles. The highest BCUT2D eigenvalue weighted by Crippen LogP contribution is 2.28. The number of carbonyl (C=O) groups is 1. The Morgan fingerprint density at radius 1 is 1.50 bits per heavy atom. The van der Waals surface area contributed by atoms with Crippen LogP contribution in [0.25, 0.3) is 0 Å². The van der Waals surface area contributed by atoms with E-state index in [1.165, 1.54) is 12.3 Å². The quantitative estimate of drug-likeness (QED) is 0.923. The lowest BCUT2D eigenvalue weighted by atomic mass is 9.96. The second-order valence-electron chi connectivity index (χ2n) is 5.53. The largest absolute Gasteiger partial charge is 0.478 e. The molecule has 1 fully saturated rings. The molecule has 20 heavy (non-hydrogen) atoms. The fraction of sp³-hybridized carbons (Fsp3) is 0.571. The molecule has 1 aromatic rings. The monoisotopic (exact) mass is 297 g/mol. The zero-order valence-corrected chi connectivity index (χ0v) is 12.6. The third-order valence-corrected chi connectivity index (χ3v) is 3.88. The molecule has 0 amide bonds. The summed E-state index contributed by atoms with van der Waals surface area (Å²) in [6.07, 6.45) is 3.59. The van der Waals surface area contributed by atoms with Gasteiger partial charge in [-0.25, -0.2) is 9.78 Å². The average molecular weight is 298 g/mol. The van der Waals surface area contributed by atoms with Gasteiger partial charge in [0.05, 0.1) is 10.6 Å². The summed E-state index contributed by atoms with van der Waals surface area (Å²) in [5.74, 6) is 0.397. The highest BCUT2D eigenvalue weighted by molar-refractivity contribution is 6.33. The van der Waals surface area contributed by atoms with Crippen molar-refractivity contribution in [2.24, 2.45) is 5.92 Å². The van der Waals surface area contributed by atoms with Gasteiger partial charge in [-0.3, -0.25) is 0 Å². The second-order valence-corrected chi connectivity index (χ2v) is 5.93. The van der Waals surface area contributed by atoms with Crippen molar-refractivity contribution in [3.8, 4) is 0 Å². The number of halogens is 1. The van der Waals surface area contributed by atoms with Crippen LogP contribution in [0.2, 0.25) is 5.02 Å². The van der Waals surface area contributed by atoms with Gasteiger partial charge in [-0.1, -0.05) is 11.6 Å². The molecule has 2 heterocycles. The first kappa shape index (κ1) is 15.1. The molecular weight excluding hydrogens is 278 g/mol. The molecule has 110 valence electrons. The van der Waals surface area contributed by atoms with Gasteiger partial charge >= 0.3 is 5.97 Å². The molecule has 0 unspecified atom stereocenters. The predicted molar refractivity (Wildman–Crippen MR) is 79.7 cm³/mol. The fourth-order valence-electron chi connectivity index (χ4n) is 2.62. The van der Waals surface area contributed by atoms with Gasteiger partial charge in [-0.05, 0) is 38.9 Å². The Hall–Kier alpha value is -1.33. The smallest absolute Gasteiger partial charge is 0.337 e. The van der Waals surface area contributed by atoms with E-state index in [0.29, 0.717) is 16.8 Å². The number of anilines is 1. The van der Waals surface area contributed by atoms with Crippen LogP contribution in [0.5, 0.6) is 0 Å². The molecule has 0 radical (unpaired) electrons. The fourth-order valence-corrected chi connectivity index (χ4v) is 2.91. The van der Waals surface area contributed by atoms with Gasteiger partial charge in [-0.15, -0.1) is 0 Å². The van der Waals surface area contributed by atoms with Crippen LogP contribution >= 0.6 is 11.6 Å². The number of piperidine rings is 1. The van der Waals surface area contributed by atoms with E-state index in [1.54, 1.807) is 0 Å². The number of aromatic carboxylic acids is 1. The molecule has 1 aliphatic heterocycles. The van der Waals surface area contributed by atoms with Crippen molar-refractivity contribution in [2.75, 3.05) is 38.6 Å². The Balaban J connectivity index is 2.02. The van der Waals surface area contributed by atoms with E-state index in [2.05, 4.69) is 28.9 Å². The minimum absolute atomic E-state index is 0.126. The predicted octanol–water partition coefficient (Wildman–Crippen LogP) is 2.21. The minimum atomic E-state index is -1.00. The van der Waals surface area contributed by atoms with Gasteiger partial charge < -0.3 is 14.9 Å². The number of aromatic nitrogens is 1. The van der Waals surface area contributed by atoms with Crippen LogP contribution in [-0.2, 0) is 0 Å². The highest BCUT2D eigenvalue weighted by Gasteiger charge is 2.22. The zero-order chi connectivity index (χ0) is 14.7. The lowest BCUT2D eigenvalue weighted by Crippen LogP contribution is -2.37. The SMILES string of the molecule is CN(C)CC1CCN(c2ncc(C(=O)O)cc2Cl)CC1. The number of hydrogen-bond acceptors (Lipinski definition) is 4. The summed E-state index contributed by atoms with van der Waals surface area (Å²) in [5.41, 5.74) is 0.126. The van der Waals surface area contributed by atoms with Gasteiger partial charge in [-0.2, -0.15) is 0 Å². The normalized spacial score (nSPS) is 16.7. The van der Waals surface area contributed by atoms with Crippen molar-refractivity contribution in [3.05, 3.63) is 22.8 Å². The molecule has 0 aliphatic carbocycles. The van der Waals surface area contributed by atoms with E-state index in [4.69, 9.17) is 16.7 Å². The molecule has 6 heteroatoms. The van der Waals surface area contributed by atoms with E-state index in [-0.39, 0.29) is 5.56 Å². The molecule has 5 nitrogen and oxygen atoms in total. The van der Waals surface area contributed by atoms with E-state index in [1.807, 2.05) is 0 Å². The first-order chi connectivity index (χ1) is 9.47. The summed E-state index contributed by atoms with van der Waals surface area (Å²) in [7, 11) is 4.19. The summed E-state index contributed by atoms with van der Waals surface area (Å²) >= 11 is 6.15. The lowest BCUT2D eigenvalue weighted by Gasteiger charge is -2.34. The molecule has 0 spiro atoms. The van der Waals surface area contributed by atoms with E-state index >= 15 is 0 Å². The van der Waals surface area contributed by atoms with Crippen molar-refractivity contribution in [2.45, 2.75) is 12.8 Å². The van der Waals surface area contributed by atoms with Gasteiger partial charge in [0.1, 0.15) is 5.82 Å². The van der Waals surface area contributed by atoms with Crippen LogP contribution in [0.1, 0.15) is 23.2 Å². The molecule has 0 saturated carbocycles. The Kier molecular flexibility index (Phi) is 4.83. The molecule has 1 aliphatic rings. The maximum absolute atomic E-state index is 10.9. The summed E-state index contributed by atoms with van der Waals surface area (Å²) in [5, 5.41) is 9.33. The Morgan fingerprint density at radius 2 is 2.15 bits per heavy atom. The number of carboxylic acid groups (broad SMARTS) is 1. The summed E-state index contributed by atoms with van der Waals surface area (Å²) < 4.78 is 0. The number of carboxylic acids is 1. The number of pyridine rings is 1. The van der Waals surface area contributed by atoms with E-state index in [0.717, 1.165) is 32.5 Å². The van der Waals surface area contributed by atoms with Gasteiger partial charge in [0.25, 0.3) is 0 Å². The van der Waals surface area contributed by atoms with Gasteiger partial charge in [0.15, 0.2) is 0 Å². The van der Waals surface area contributed by atoms with Crippen LogP contribution in [0.15, 0.2) is 12.3 Å². The third-order valence-electron chi connectivity index (χ3n) is 3.61. The molecule has 0 atom stereocenters. The Labute approximate surface area is 124 Å². The average Bonchev–Trinajstić information content (AvgIpc) is 2.39. The summed E-state index contributed by atoms with van der Waals surface area (Å²) in [6, 6.07) is 1.47. The first-order valence-electron chi connectivity index (χ1n) is 6.76. The zero-order valence-electron chi connectivity index (χ0n) is 11.8. The van der Waals surface area contributed by atoms with Crippen molar-refractivity contribution in [3.63, 3.8) is 0 Å². The first-order valence-corrected chi connectivity index (χ1v) is 7.13. The van der Waals surface area contributed by atoms with E-state index < -0.39 is 5.97 Å². The third kappa shape index (κ3) is 3.61. The molecule has 0 bridgehead atoms. The second kappa shape index (κ2) is 6.41. The Morgan fingerprint density at radius 3 is 2.65 bits per heavy atom. The van der Waals surface area contributed by atoms with Gasteiger partial charge in [0, 0.05) is 25.8 Å². The molecule has 1 N–H and O–H groups in total. The van der Waals surface area contributed by atoms with Crippen LogP contribution in [0, 0.1) is 5.92 Å². The number of nitrogens with zero attached hydrogens (tertiary/aromatic N) is 3. The minimum Gasteiger partial charge on any atom is -0.478 e. The van der Waals surface area contributed by atoms with Crippen molar-refractivity contribution < 1.29 is 9.90 Å². The highest BCUT2D eigenvalue weighted by atomic mass is 35.5. The van der Waals surface area contributed by atoms with E-state index in [9.17, 15) is 4.79 Å². The molecule has 1 aromatic heterocycles. The molecule has 0 aromatic carbocycles.